The highest BCUT2D eigenvalue weighted by atomic mass is 16.4. The molecule has 5 heteroatoms. The Balaban J connectivity index is 0.000000292. The normalized spacial score (nSPS) is 17.1. The van der Waals surface area contributed by atoms with E-state index in [1.54, 1.807) is 0 Å². The van der Waals surface area contributed by atoms with Crippen molar-refractivity contribution >= 4 is 7.12 Å². The summed E-state index contributed by atoms with van der Waals surface area (Å²) >= 11 is 0. The Labute approximate surface area is 85.7 Å². The summed E-state index contributed by atoms with van der Waals surface area (Å²) in [5.41, 5.74) is 0. The topological polar surface area (TPSA) is 80.9 Å². The van der Waals surface area contributed by atoms with Crippen LogP contribution >= 0.6 is 0 Å². The van der Waals surface area contributed by atoms with E-state index in [0.29, 0.717) is 6.42 Å². The van der Waals surface area contributed by atoms with Crippen molar-refractivity contribution < 1.29 is 20.3 Å². The van der Waals surface area contributed by atoms with Crippen molar-refractivity contribution in [2.45, 2.75) is 44.3 Å². The number of rotatable bonds is 3. The zero-order valence-corrected chi connectivity index (χ0v) is 8.60. The molecule has 0 aliphatic heterocycles. The van der Waals surface area contributed by atoms with E-state index < -0.39 is 7.12 Å². The first-order chi connectivity index (χ1) is 6.72. The second-order valence-electron chi connectivity index (χ2n) is 3.61. The fourth-order valence-electron chi connectivity index (χ4n) is 1.50. The van der Waals surface area contributed by atoms with Gasteiger partial charge in [0.15, 0.2) is 0 Å². The monoisotopic (exact) mass is 204 g/mol. The fourth-order valence-corrected chi connectivity index (χ4v) is 1.50. The van der Waals surface area contributed by atoms with Crippen LogP contribution in [0, 0.1) is 0 Å². The van der Waals surface area contributed by atoms with Gasteiger partial charge in [0, 0.05) is 13.2 Å². The highest BCUT2D eigenvalue weighted by Crippen LogP contribution is 2.29. The average molecular weight is 204 g/mol. The molecule has 1 aliphatic rings. The smallest absolute Gasteiger partial charge is 0.427 e. The summed E-state index contributed by atoms with van der Waals surface area (Å²) in [4.78, 5) is 0. The second kappa shape index (κ2) is 9.46. The van der Waals surface area contributed by atoms with Crippen molar-refractivity contribution in [3.8, 4) is 0 Å². The van der Waals surface area contributed by atoms with Crippen molar-refractivity contribution in [1.29, 1.82) is 0 Å². The Bertz CT molecular complexity index is 113. The molecule has 4 N–H and O–H groups in total. The Hall–Kier alpha value is -0.0951. The maximum atomic E-state index is 8.73. The summed E-state index contributed by atoms with van der Waals surface area (Å²) in [5.74, 6) is 0.166. The lowest BCUT2D eigenvalue weighted by Crippen LogP contribution is -2.22. The summed E-state index contributed by atoms with van der Waals surface area (Å²) in [6, 6.07) is 0. The third-order valence-corrected chi connectivity index (χ3v) is 2.39. The van der Waals surface area contributed by atoms with Gasteiger partial charge >= 0.3 is 7.12 Å². The van der Waals surface area contributed by atoms with E-state index >= 15 is 0 Å². The molecule has 4 nitrogen and oxygen atoms in total. The average Bonchev–Trinajstić information content (AvgIpc) is 2.21. The highest BCUT2D eigenvalue weighted by Gasteiger charge is 2.24. The molecule has 0 aromatic rings. The molecule has 0 saturated heterocycles. The number of hydrogen-bond donors (Lipinski definition) is 4. The largest absolute Gasteiger partial charge is 0.454 e. The number of hydrogen-bond acceptors (Lipinski definition) is 4. The van der Waals surface area contributed by atoms with Crippen LogP contribution in [0.1, 0.15) is 38.5 Å². The molecule has 0 aromatic carbocycles. The Morgan fingerprint density at radius 2 is 1.43 bits per heavy atom. The SMILES string of the molecule is OB(O)C1CCCCC1.OCCCO. The first kappa shape index (κ1) is 13.9. The molecule has 0 amide bonds. The van der Waals surface area contributed by atoms with Crippen LogP contribution in [0.5, 0.6) is 0 Å². The maximum absolute atomic E-state index is 8.73. The minimum Gasteiger partial charge on any atom is -0.427 e. The molecular weight excluding hydrogens is 183 g/mol. The quantitative estimate of drug-likeness (QED) is 0.493. The lowest BCUT2D eigenvalue weighted by atomic mass is 9.65. The Morgan fingerprint density at radius 1 is 0.929 bits per heavy atom. The molecule has 1 fully saturated rings. The van der Waals surface area contributed by atoms with Gasteiger partial charge in [-0.1, -0.05) is 32.1 Å². The van der Waals surface area contributed by atoms with Gasteiger partial charge in [-0.3, -0.25) is 0 Å². The molecule has 1 rings (SSSR count). The van der Waals surface area contributed by atoms with E-state index in [0.717, 1.165) is 12.8 Å². The first-order valence-corrected chi connectivity index (χ1v) is 5.30. The van der Waals surface area contributed by atoms with Crippen molar-refractivity contribution in [3.05, 3.63) is 0 Å². The van der Waals surface area contributed by atoms with Crippen LogP contribution < -0.4 is 0 Å². The summed E-state index contributed by atoms with van der Waals surface area (Å²) < 4.78 is 0. The van der Waals surface area contributed by atoms with Gasteiger partial charge in [0.05, 0.1) is 0 Å². The van der Waals surface area contributed by atoms with E-state index in [1.165, 1.54) is 19.3 Å². The summed E-state index contributed by atoms with van der Waals surface area (Å²) in [5, 5.41) is 33.3. The summed E-state index contributed by atoms with van der Waals surface area (Å²) in [6.07, 6.45) is 6.10. The third-order valence-electron chi connectivity index (χ3n) is 2.39. The molecule has 1 aliphatic carbocycles. The Kier molecular flexibility index (Phi) is 9.40. The zero-order valence-electron chi connectivity index (χ0n) is 8.60. The van der Waals surface area contributed by atoms with Gasteiger partial charge in [-0.05, 0) is 12.2 Å². The van der Waals surface area contributed by atoms with Gasteiger partial charge in [-0.25, -0.2) is 0 Å². The van der Waals surface area contributed by atoms with Crippen LogP contribution in [-0.2, 0) is 0 Å². The molecule has 1 saturated carbocycles. The van der Waals surface area contributed by atoms with Crippen LogP contribution in [0.3, 0.4) is 0 Å². The molecule has 0 bridgehead atoms. The molecular formula is C9H21BO4. The van der Waals surface area contributed by atoms with Gasteiger partial charge in [0.1, 0.15) is 0 Å². The lowest BCUT2D eigenvalue weighted by molar-refractivity contribution is 0.221. The van der Waals surface area contributed by atoms with Crippen LogP contribution in [0.4, 0.5) is 0 Å². The molecule has 0 unspecified atom stereocenters. The van der Waals surface area contributed by atoms with Crippen molar-refractivity contribution in [3.63, 3.8) is 0 Å². The standard InChI is InChI=1S/C6H13BO2.C3H8O2/c8-7(9)6-4-2-1-3-5-6;4-2-1-3-5/h6,8-9H,1-5H2;4-5H,1-3H2. The lowest BCUT2D eigenvalue weighted by Gasteiger charge is -2.19. The van der Waals surface area contributed by atoms with Crippen LogP contribution in [0.15, 0.2) is 0 Å². The minimum atomic E-state index is -1.06. The molecule has 0 aromatic heterocycles. The van der Waals surface area contributed by atoms with Gasteiger partial charge in [-0.15, -0.1) is 0 Å². The van der Waals surface area contributed by atoms with E-state index in [1.807, 2.05) is 0 Å². The minimum absolute atomic E-state index is 0.0938. The Morgan fingerprint density at radius 3 is 1.64 bits per heavy atom. The highest BCUT2D eigenvalue weighted by molar-refractivity contribution is 6.43. The molecule has 0 radical (unpaired) electrons. The van der Waals surface area contributed by atoms with Gasteiger partial charge < -0.3 is 20.3 Å². The third kappa shape index (κ3) is 7.32. The summed E-state index contributed by atoms with van der Waals surface area (Å²) in [6.45, 7) is 0.188. The second-order valence-corrected chi connectivity index (χ2v) is 3.61. The number of aliphatic hydroxyl groups excluding tert-OH is 2. The van der Waals surface area contributed by atoms with Gasteiger partial charge in [-0.2, -0.15) is 0 Å². The fraction of sp³-hybridized carbons (Fsp3) is 1.00. The van der Waals surface area contributed by atoms with Crippen molar-refractivity contribution in [1.82, 2.24) is 0 Å². The van der Waals surface area contributed by atoms with Crippen molar-refractivity contribution in [2.75, 3.05) is 13.2 Å². The predicted octanol–water partition coefficient (Wildman–Crippen LogP) is 0.155. The predicted molar refractivity (Wildman–Crippen MR) is 55.8 cm³/mol. The maximum Gasteiger partial charge on any atom is 0.454 e. The number of aliphatic hydroxyl groups is 2. The van der Waals surface area contributed by atoms with Gasteiger partial charge in [0.2, 0.25) is 0 Å². The molecule has 0 spiro atoms. The van der Waals surface area contributed by atoms with Crippen LogP contribution in [-0.4, -0.2) is 40.6 Å². The zero-order chi connectivity index (χ0) is 10.8. The van der Waals surface area contributed by atoms with Crippen LogP contribution in [0.25, 0.3) is 0 Å². The van der Waals surface area contributed by atoms with E-state index in [-0.39, 0.29) is 19.0 Å². The van der Waals surface area contributed by atoms with Crippen LogP contribution in [0.2, 0.25) is 5.82 Å². The molecule has 14 heavy (non-hydrogen) atoms. The molecule has 84 valence electrons. The van der Waals surface area contributed by atoms with E-state index in [9.17, 15) is 0 Å². The van der Waals surface area contributed by atoms with E-state index in [2.05, 4.69) is 0 Å². The summed E-state index contributed by atoms with van der Waals surface area (Å²) in [7, 11) is -1.06. The van der Waals surface area contributed by atoms with Gasteiger partial charge in [0.25, 0.3) is 0 Å². The van der Waals surface area contributed by atoms with E-state index in [4.69, 9.17) is 20.3 Å². The molecule has 0 heterocycles. The first-order valence-electron chi connectivity index (χ1n) is 5.30. The molecule has 0 atom stereocenters. The van der Waals surface area contributed by atoms with Crippen molar-refractivity contribution in [2.24, 2.45) is 0 Å².